The second-order valence-electron chi connectivity index (χ2n) is 9.38. The van der Waals surface area contributed by atoms with E-state index in [9.17, 15) is 9.59 Å². The van der Waals surface area contributed by atoms with Gasteiger partial charge in [0.1, 0.15) is 18.0 Å². The summed E-state index contributed by atoms with van der Waals surface area (Å²) in [6.45, 7) is 4.08. The van der Waals surface area contributed by atoms with Gasteiger partial charge in [0.25, 0.3) is 5.91 Å². The van der Waals surface area contributed by atoms with Crippen LogP contribution in [0.1, 0.15) is 55.1 Å². The molecule has 2 heterocycles. The number of carbonyl (C=O) groups excluding carboxylic acids is 2. The van der Waals surface area contributed by atoms with E-state index < -0.39 is 0 Å². The van der Waals surface area contributed by atoms with Crippen LogP contribution in [0, 0.1) is 5.92 Å². The summed E-state index contributed by atoms with van der Waals surface area (Å²) in [4.78, 5) is 31.9. The molecule has 1 N–H and O–H groups in total. The lowest BCUT2D eigenvalue weighted by molar-refractivity contribution is -0.135. The van der Waals surface area contributed by atoms with Crippen molar-refractivity contribution in [3.8, 4) is 5.75 Å². The Kier molecular flexibility index (Phi) is 7.88. The fourth-order valence-electron chi connectivity index (χ4n) is 4.75. The number of nitrogens with zero attached hydrogens (tertiary/aromatic N) is 2. The molecule has 0 bridgehead atoms. The minimum Gasteiger partial charge on any atom is -0.496 e. The monoisotopic (exact) mass is 461 g/mol. The Morgan fingerprint density at radius 1 is 1.03 bits per heavy atom. The lowest BCUT2D eigenvalue weighted by atomic mass is 9.91. The first kappa shape index (κ1) is 23.9. The highest BCUT2D eigenvalue weighted by Gasteiger charge is 2.28. The molecule has 3 aromatic rings. The molecule has 2 aliphatic rings. The maximum atomic E-state index is 12.9. The van der Waals surface area contributed by atoms with Crippen molar-refractivity contribution < 1.29 is 14.3 Å². The minimum absolute atomic E-state index is 0.0351. The number of fused-ring (bicyclic) bond motifs is 1. The first-order valence-electron chi connectivity index (χ1n) is 12.3. The summed E-state index contributed by atoms with van der Waals surface area (Å²) in [5.41, 5.74) is 2.40. The Labute approximate surface area is 201 Å². The van der Waals surface area contributed by atoms with E-state index in [2.05, 4.69) is 11.9 Å². The summed E-state index contributed by atoms with van der Waals surface area (Å²) in [6, 6.07) is 17.3. The number of methoxy groups -OCH3 is 1. The number of ether oxygens (including phenoxy) is 1. The molecule has 6 heteroatoms. The van der Waals surface area contributed by atoms with Crippen LogP contribution in [0.2, 0.25) is 0 Å². The quantitative estimate of drug-likeness (QED) is 0.577. The van der Waals surface area contributed by atoms with Crippen molar-refractivity contribution >= 4 is 22.7 Å². The van der Waals surface area contributed by atoms with E-state index in [4.69, 9.17) is 4.74 Å². The molecule has 0 atom stereocenters. The van der Waals surface area contributed by atoms with Gasteiger partial charge in [-0.3, -0.25) is 9.59 Å². The van der Waals surface area contributed by atoms with Crippen LogP contribution in [0.4, 0.5) is 0 Å². The van der Waals surface area contributed by atoms with Gasteiger partial charge in [-0.15, -0.1) is 0 Å². The first-order valence-corrected chi connectivity index (χ1v) is 12.3. The van der Waals surface area contributed by atoms with Crippen LogP contribution >= 0.6 is 0 Å². The number of hydrogen-bond acceptors (Lipinski definition) is 3. The van der Waals surface area contributed by atoms with Crippen LogP contribution in [0.5, 0.6) is 5.75 Å². The Balaban J connectivity index is 0.000000336. The third-order valence-corrected chi connectivity index (χ3v) is 6.79. The summed E-state index contributed by atoms with van der Waals surface area (Å²) in [7, 11) is 1.61. The van der Waals surface area contributed by atoms with Crippen molar-refractivity contribution in [1.29, 1.82) is 0 Å². The number of carbonyl (C=O) groups is 2. The highest BCUT2D eigenvalue weighted by atomic mass is 16.5. The van der Waals surface area contributed by atoms with Gasteiger partial charge in [-0.2, -0.15) is 0 Å². The molecular formula is C28H35N3O3. The van der Waals surface area contributed by atoms with E-state index in [1.165, 1.54) is 32.1 Å². The van der Waals surface area contributed by atoms with Gasteiger partial charge >= 0.3 is 0 Å². The Bertz CT molecular complexity index is 1100. The molecule has 1 saturated heterocycles. The molecule has 34 heavy (non-hydrogen) atoms. The van der Waals surface area contributed by atoms with Crippen LogP contribution in [-0.2, 0) is 11.3 Å². The molecule has 2 amide bonds. The summed E-state index contributed by atoms with van der Waals surface area (Å²) in [5.74, 6) is 1.55. The number of benzene rings is 2. The second kappa shape index (κ2) is 11.2. The second-order valence-corrected chi connectivity index (χ2v) is 9.38. The summed E-state index contributed by atoms with van der Waals surface area (Å²) in [5, 5.41) is 0.859. The van der Waals surface area contributed by atoms with E-state index in [1.54, 1.807) is 23.0 Å². The Hall–Kier alpha value is -3.28. The number of piperazine rings is 1. The number of rotatable bonds is 4. The van der Waals surface area contributed by atoms with Gasteiger partial charge in [-0.1, -0.05) is 75.4 Å². The zero-order valence-corrected chi connectivity index (χ0v) is 20.3. The van der Waals surface area contributed by atoms with Gasteiger partial charge in [-0.25, -0.2) is 0 Å². The zero-order chi connectivity index (χ0) is 23.9. The van der Waals surface area contributed by atoms with Gasteiger partial charge in [0.05, 0.1) is 7.11 Å². The van der Waals surface area contributed by atoms with Crippen LogP contribution < -0.4 is 4.74 Å². The maximum Gasteiger partial charge on any atom is 0.270 e. The number of H-pyrrole nitrogens is 1. The molecule has 1 aromatic heterocycles. The summed E-state index contributed by atoms with van der Waals surface area (Å²) in [6.07, 6.45) is 7.44. The predicted octanol–water partition coefficient (Wildman–Crippen LogP) is 5.25. The average molecular weight is 462 g/mol. The number of hydrogen-bond donors (Lipinski definition) is 1. The molecule has 1 saturated carbocycles. The lowest BCUT2D eigenvalue weighted by Crippen LogP contribution is -2.51. The van der Waals surface area contributed by atoms with Crippen molar-refractivity contribution in [1.82, 2.24) is 14.8 Å². The van der Waals surface area contributed by atoms with Crippen molar-refractivity contribution in [2.45, 2.75) is 45.6 Å². The highest BCUT2D eigenvalue weighted by molar-refractivity contribution is 6.01. The molecule has 2 fully saturated rings. The van der Waals surface area contributed by atoms with Crippen molar-refractivity contribution in [2.75, 3.05) is 26.7 Å². The molecule has 1 aliphatic heterocycles. The lowest BCUT2D eigenvalue weighted by Gasteiger charge is -2.34. The summed E-state index contributed by atoms with van der Waals surface area (Å²) >= 11 is 0. The zero-order valence-electron chi connectivity index (χ0n) is 20.3. The SMILES string of the molecule is CC1CCCCC1.COc1cccc2[nH]c(C(=O)N3CCN(Cc4ccccc4)C(=O)C3)cc12. The van der Waals surface area contributed by atoms with Crippen LogP contribution in [0.3, 0.4) is 0 Å². The molecular weight excluding hydrogens is 426 g/mol. The summed E-state index contributed by atoms with van der Waals surface area (Å²) < 4.78 is 5.35. The van der Waals surface area contributed by atoms with Gasteiger partial charge < -0.3 is 19.5 Å². The standard InChI is InChI=1S/C21H21N3O3.C7H14/c1-27-19-9-5-8-17-16(19)12-18(22-17)21(26)24-11-10-23(20(25)14-24)13-15-6-3-2-4-7-15;1-7-5-3-2-4-6-7/h2-9,12,22H,10-11,13-14H2,1H3;7H,2-6H2,1H3. The van der Waals surface area contributed by atoms with Crippen LogP contribution in [0.25, 0.3) is 10.9 Å². The fourth-order valence-corrected chi connectivity index (χ4v) is 4.75. The molecule has 6 nitrogen and oxygen atoms in total. The van der Waals surface area contributed by atoms with Crippen LogP contribution in [-0.4, -0.2) is 53.3 Å². The topological polar surface area (TPSA) is 65.6 Å². The number of aromatic nitrogens is 1. The molecule has 1 aliphatic carbocycles. The fraction of sp³-hybridized carbons (Fsp3) is 0.429. The van der Waals surface area contributed by atoms with Crippen molar-refractivity contribution in [2.24, 2.45) is 5.92 Å². The number of aromatic amines is 1. The predicted molar refractivity (Wildman–Crippen MR) is 135 cm³/mol. The third-order valence-electron chi connectivity index (χ3n) is 6.79. The Morgan fingerprint density at radius 2 is 1.79 bits per heavy atom. The molecule has 180 valence electrons. The molecule has 2 aromatic carbocycles. The van der Waals surface area contributed by atoms with Crippen molar-refractivity contribution in [3.05, 3.63) is 65.9 Å². The highest BCUT2D eigenvalue weighted by Crippen LogP contribution is 2.27. The van der Waals surface area contributed by atoms with Crippen LogP contribution in [0.15, 0.2) is 54.6 Å². The number of nitrogens with one attached hydrogen (secondary N) is 1. The average Bonchev–Trinajstić information content (AvgIpc) is 3.31. The van der Waals surface area contributed by atoms with E-state index in [-0.39, 0.29) is 18.4 Å². The van der Waals surface area contributed by atoms with E-state index in [1.807, 2.05) is 48.5 Å². The van der Waals surface area contributed by atoms with Gasteiger partial charge in [0.15, 0.2) is 0 Å². The van der Waals surface area contributed by atoms with E-state index >= 15 is 0 Å². The van der Waals surface area contributed by atoms with E-state index in [0.717, 1.165) is 22.4 Å². The third kappa shape index (κ3) is 5.79. The normalized spacial score (nSPS) is 16.8. The molecule has 0 spiro atoms. The van der Waals surface area contributed by atoms with Crippen molar-refractivity contribution in [3.63, 3.8) is 0 Å². The maximum absolute atomic E-state index is 12.9. The minimum atomic E-state index is -0.166. The first-order chi connectivity index (χ1) is 16.5. The largest absolute Gasteiger partial charge is 0.496 e. The number of amides is 2. The Morgan fingerprint density at radius 3 is 2.44 bits per heavy atom. The molecule has 0 unspecified atom stereocenters. The van der Waals surface area contributed by atoms with Gasteiger partial charge in [0.2, 0.25) is 5.91 Å². The van der Waals surface area contributed by atoms with Gasteiger partial charge in [-0.05, 0) is 29.7 Å². The van der Waals surface area contributed by atoms with Gasteiger partial charge in [0, 0.05) is 30.5 Å². The molecule has 0 radical (unpaired) electrons. The van der Waals surface area contributed by atoms with E-state index in [0.29, 0.717) is 31.1 Å². The molecule has 5 rings (SSSR count). The smallest absolute Gasteiger partial charge is 0.270 e.